The molecule has 0 saturated heterocycles. The van der Waals surface area contributed by atoms with Crippen LogP contribution in [0.25, 0.3) is 0 Å². The maximum Gasteiger partial charge on any atom is 0.174 e. The molecule has 0 aliphatic rings. The molecule has 0 fully saturated rings. The van der Waals surface area contributed by atoms with Crippen LogP contribution in [-0.4, -0.2) is 25.5 Å². The molecule has 0 aromatic rings. The molecule has 0 unspecified atom stereocenters. The Morgan fingerprint density at radius 2 is 1.15 bits per heavy atom. The molecule has 0 radical (unpaired) electrons. The summed E-state index contributed by atoms with van der Waals surface area (Å²) in [6, 6.07) is 2.59. The highest BCUT2D eigenvalue weighted by atomic mass is 127. The molecule has 1 nitrogen and oxygen atoms in total. The third kappa shape index (κ3) is 7.74. The van der Waals surface area contributed by atoms with Crippen LogP contribution in [0.5, 0.6) is 0 Å². The van der Waals surface area contributed by atoms with Crippen LogP contribution in [0.4, 0.5) is 0 Å². The van der Waals surface area contributed by atoms with Gasteiger partial charge in [0.25, 0.3) is 0 Å². The summed E-state index contributed by atoms with van der Waals surface area (Å²) >= 11 is 4.91. The highest BCUT2D eigenvalue weighted by molar-refractivity contribution is 14.1. The largest absolute Gasteiger partial charge is 0.455 e. The van der Waals surface area contributed by atoms with Crippen LogP contribution in [0, 0.1) is 0 Å². The fourth-order valence-electron chi connectivity index (χ4n) is 1.31. The monoisotopic (exact) mass is 442 g/mol. The predicted octanol–water partition coefficient (Wildman–Crippen LogP) is 4.28. The van der Waals surface area contributed by atoms with E-state index < -0.39 is 16.6 Å². The summed E-state index contributed by atoms with van der Waals surface area (Å²) in [5.74, 6) is 0. The van der Waals surface area contributed by atoms with E-state index in [9.17, 15) is 0 Å². The number of alkyl halides is 2. The first-order chi connectivity index (χ1) is 5.83. The summed E-state index contributed by atoms with van der Waals surface area (Å²) in [5.41, 5.74) is 0. The third-order valence-electron chi connectivity index (χ3n) is 1.95. The maximum absolute atomic E-state index is 6.37. The number of hydrogen-bond acceptors (Lipinski definition) is 1. The zero-order chi connectivity index (χ0) is 10.5. The lowest BCUT2D eigenvalue weighted by molar-refractivity contribution is 0.544. The topological polar surface area (TPSA) is 9.23 Å². The number of rotatable bonds is 6. The molecule has 0 N–H and O–H groups in total. The molecule has 0 amide bonds. The molecular formula is C8H20I2OSi2. The lowest BCUT2D eigenvalue weighted by atomic mass is 11.0. The molecule has 0 aliphatic heterocycles. The van der Waals surface area contributed by atoms with Gasteiger partial charge < -0.3 is 4.12 Å². The number of halogens is 2. The van der Waals surface area contributed by atoms with E-state index in [1.165, 1.54) is 20.9 Å². The van der Waals surface area contributed by atoms with Crippen molar-refractivity contribution in [2.24, 2.45) is 0 Å². The molecule has 0 rings (SSSR count). The minimum atomic E-state index is -1.33. The smallest absolute Gasteiger partial charge is 0.174 e. The van der Waals surface area contributed by atoms with Crippen molar-refractivity contribution in [3.8, 4) is 0 Å². The van der Waals surface area contributed by atoms with E-state index >= 15 is 0 Å². The van der Waals surface area contributed by atoms with E-state index in [1.54, 1.807) is 0 Å². The molecule has 5 heteroatoms. The maximum atomic E-state index is 6.37. The van der Waals surface area contributed by atoms with E-state index in [2.05, 4.69) is 71.4 Å². The summed E-state index contributed by atoms with van der Waals surface area (Å²) < 4.78 is 8.86. The standard InChI is InChI=1S/C8H20I2OSi2/c1-12(2,7-5-9)11-13(3,4)8-6-10/h5-8H2,1-4H3. The Hall–Kier alpha value is 1.85. The van der Waals surface area contributed by atoms with E-state index in [1.807, 2.05) is 0 Å². The molecule has 0 spiro atoms. The van der Waals surface area contributed by atoms with Gasteiger partial charge in [0.2, 0.25) is 0 Å². The molecule has 0 atom stereocenters. The van der Waals surface area contributed by atoms with Crippen molar-refractivity contribution in [1.29, 1.82) is 0 Å². The summed E-state index contributed by atoms with van der Waals surface area (Å²) in [7, 11) is -2.65. The van der Waals surface area contributed by atoms with Gasteiger partial charge in [-0.25, -0.2) is 0 Å². The highest BCUT2D eigenvalue weighted by Crippen LogP contribution is 2.22. The Morgan fingerprint density at radius 3 is 1.38 bits per heavy atom. The zero-order valence-electron chi connectivity index (χ0n) is 8.99. The average Bonchev–Trinajstić information content (AvgIpc) is 1.82. The Kier molecular flexibility index (Phi) is 7.36. The van der Waals surface area contributed by atoms with Crippen molar-refractivity contribution in [3.63, 3.8) is 0 Å². The number of hydrogen-bond donors (Lipinski definition) is 0. The van der Waals surface area contributed by atoms with Gasteiger partial charge in [-0.15, -0.1) is 0 Å². The highest BCUT2D eigenvalue weighted by Gasteiger charge is 2.31. The second kappa shape index (κ2) is 6.44. The van der Waals surface area contributed by atoms with Crippen LogP contribution in [0.3, 0.4) is 0 Å². The summed E-state index contributed by atoms with van der Waals surface area (Å²) in [5, 5.41) is 0. The van der Waals surface area contributed by atoms with Gasteiger partial charge in [0.05, 0.1) is 0 Å². The minimum absolute atomic E-state index is 1.24. The first-order valence-corrected chi connectivity index (χ1v) is 13.9. The van der Waals surface area contributed by atoms with E-state index in [-0.39, 0.29) is 0 Å². The van der Waals surface area contributed by atoms with Gasteiger partial charge in [-0.3, -0.25) is 0 Å². The molecule has 0 bridgehead atoms. The Labute approximate surface area is 112 Å². The van der Waals surface area contributed by atoms with Crippen LogP contribution in [0.15, 0.2) is 0 Å². The SMILES string of the molecule is C[Si](C)(CCI)O[Si](C)(C)CCI. The van der Waals surface area contributed by atoms with Crippen molar-refractivity contribution >= 4 is 61.8 Å². The summed E-state index contributed by atoms with van der Waals surface area (Å²) in [4.78, 5) is 0. The fourth-order valence-corrected chi connectivity index (χ4v) is 16.8. The third-order valence-corrected chi connectivity index (χ3v) is 12.4. The van der Waals surface area contributed by atoms with Crippen molar-refractivity contribution in [1.82, 2.24) is 0 Å². The van der Waals surface area contributed by atoms with Gasteiger partial charge in [0.15, 0.2) is 16.6 Å². The second-order valence-corrected chi connectivity index (χ2v) is 15.5. The van der Waals surface area contributed by atoms with Crippen molar-refractivity contribution < 1.29 is 4.12 Å². The van der Waals surface area contributed by atoms with Gasteiger partial charge in [0.1, 0.15) is 0 Å². The van der Waals surface area contributed by atoms with Gasteiger partial charge in [-0.2, -0.15) is 0 Å². The second-order valence-electron chi connectivity index (χ2n) is 4.50. The van der Waals surface area contributed by atoms with Crippen molar-refractivity contribution in [2.45, 2.75) is 38.3 Å². The first-order valence-electron chi connectivity index (χ1n) is 4.65. The lowest BCUT2D eigenvalue weighted by Crippen LogP contribution is -2.44. The molecule has 0 heterocycles. The first kappa shape index (κ1) is 14.9. The Bertz CT molecular complexity index is 135. The molecular weight excluding hydrogens is 422 g/mol. The normalized spacial score (nSPS) is 13.4. The van der Waals surface area contributed by atoms with Crippen molar-refractivity contribution in [3.05, 3.63) is 0 Å². The summed E-state index contributed by atoms with van der Waals surface area (Å²) in [6.45, 7) is 9.42. The predicted molar refractivity (Wildman–Crippen MR) is 83.4 cm³/mol. The molecule has 80 valence electrons. The molecule has 0 aromatic heterocycles. The summed E-state index contributed by atoms with van der Waals surface area (Å²) in [6.07, 6.45) is 0. The quantitative estimate of drug-likeness (QED) is 0.339. The fraction of sp³-hybridized carbons (Fsp3) is 1.00. The van der Waals surface area contributed by atoms with Gasteiger partial charge >= 0.3 is 0 Å². The lowest BCUT2D eigenvalue weighted by Gasteiger charge is -2.33. The minimum Gasteiger partial charge on any atom is -0.455 e. The van der Waals surface area contributed by atoms with Crippen LogP contribution < -0.4 is 0 Å². The van der Waals surface area contributed by atoms with Crippen LogP contribution in [-0.2, 0) is 4.12 Å². The zero-order valence-corrected chi connectivity index (χ0v) is 15.3. The van der Waals surface area contributed by atoms with E-state index in [0.717, 1.165) is 0 Å². The van der Waals surface area contributed by atoms with Gasteiger partial charge in [-0.05, 0) is 47.1 Å². The molecule has 0 saturated carbocycles. The van der Waals surface area contributed by atoms with Crippen LogP contribution in [0.1, 0.15) is 0 Å². The molecule has 13 heavy (non-hydrogen) atoms. The average molecular weight is 442 g/mol. The van der Waals surface area contributed by atoms with Crippen molar-refractivity contribution in [2.75, 3.05) is 8.86 Å². The van der Waals surface area contributed by atoms with Gasteiger partial charge in [-0.1, -0.05) is 45.2 Å². The van der Waals surface area contributed by atoms with E-state index in [4.69, 9.17) is 4.12 Å². The Morgan fingerprint density at radius 1 is 0.846 bits per heavy atom. The van der Waals surface area contributed by atoms with Crippen LogP contribution >= 0.6 is 45.2 Å². The van der Waals surface area contributed by atoms with Crippen LogP contribution in [0.2, 0.25) is 38.3 Å². The van der Waals surface area contributed by atoms with Gasteiger partial charge in [0, 0.05) is 0 Å². The Balaban J connectivity index is 4.07. The van der Waals surface area contributed by atoms with E-state index in [0.29, 0.717) is 0 Å². The molecule has 0 aliphatic carbocycles. The molecule has 0 aromatic carbocycles.